The third kappa shape index (κ3) is 3.09. The normalized spacial score (nSPS) is 22.7. The quantitative estimate of drug-likeness (QED) is 0.693. The highest BCUT2D eigenvalue weighted by atomic mass is 16.5. The number of amides is 2. The molecule has 2 amide bonds. The minimum atomic E-state index is -0.889. The number of hydrogen-bond acceptors (Lipinski definition) is 5. The van der Waals surface area contributed by atoms with E-state index in [1.54, 1.807) is 16.9 Å². The van der Waals surface area contributed by atoms with Crippen LogP contribution in [0.5, 0.6) is 0 Å². The molecule has 2 saturated heterocycles. The largest absolute Gasteiger partial charge is 0.383 e. The zero-order valence-electron chi connectivity index (χ0n) is 16.1. The minimum Gasteiger partial charge on any atom is -0.383 e. The molecule has 0 bridgehead atoms. The van der Waals surface area contributed by atoms with E-state index in [4.69, 9.17) is 4.74 Å². The Morgan fingerprint density at radius 3 is 2.44 bits per heavy atom. The van der Waals surface area contributed by atoms with Crippen LogP contribution in [0.15, 0.2) is 15.7 Å². The van der Waals surface area contributed by atoms with Gasteiger partial charge in [0.1, 0.15) is 11.2 Å². The first-order chi connectivity index (χ1) is 12.8. The number of carbonyl (C=O) groups is 2. The highest BCUT2D eigenvalue weighted by molar-refractivity contribution is 5.99. The van der Waals surface area contributed by atoms with Crippen LogP contribution in [0.25, 0.3) is 0 Å². The first-order valence-electron chi connectivity index (χ1n) is 9.21. The summed E-state index contributed by atoms with van der Waals surface area (Å²) in [6, 6.07) is 1.17. The molecule has 1 atom stereocenters. The summed E-state index contributed by atoms with van der Waals surface area (Å²) in [5.41, 5.74) is -1.96. The maximum atomic E-state index is 13.2. The fourth-order valence-corrected chi connectivity index (χ4v) is 4.21. The van der Waals surface area contributed by atoms with Crippen LogP contribution in [0.4, 0.5) is 0 Å². The predicted molar refractivity (Wildman–Crippen MR) is 97.6 cm³/mol. The Balaban J connectivity index is 1.97. The summed E-state index contributed by atoms with van der Waals surface area (Å²) in [6.07, 6.45) is 2.71. The number of piperidine rings is 1. The van der Waals surface area contributed by atoms with E-state index in [2.05, 4.69) is 0 Å². The molecule has 148 valence electrons. The second-order valence-corrected chi connectivity index (χ2v) is 7.25. The van der Waals surface area contributed by atoms with Crippen LogP contribution >= 0.6 is 0 Å². The molecule has 0 saturated carbocycles. The van der Waals surface area contributed by atoms with Gasteiger partial charge in [-0.05, 0) is 25.7 Å². The van der Waals surface area contributed by atoms with Crippen molar-refractivity contribution in [3.63, 3.8) is 0 Å². The Kier molecular flexibility index (Phi) is 5.23. The summed E-state index contributed by atoms with van der Waals surface area (Å²) in [6.45, 7) is 2.02. The third-order valence-corrected chi connectivity index (χ3v) is 5.75. The van der Waals surface area contributed by atoms with Crippen molar-refractivity contribution < 1.29 is 14.3 Å². The number of hydrogen-bond donors (Lipinski definition) is 0. The predicted octanol–water partition coefficient (Wildman–Crippen LogP) is -0.672. The van der Waals surface area contributed by atoms with E-state index in [0.29, 0.717) is 45.5 Å². The highest BCUT2D eigenvalue weighted by Crippen LogP contribution is 2.38. The van der Waals surface area contributed by atoms with Crippen molar-refractivity contribution in [1.82, 2.24) is 18.9 Å². The van der Waals surface area contributed by atoms with Crippen LogP contribution in [0, 0.1) is 0 Å². The summed E-state index contributed by atoms with van der Waals surface area (Å²) >= 11 is 0. The molecule has 9 heteroatoms. The van der Waals surface area contributed by atoms with Crippen LogP contribution in [-0.4, -0.2) is 69.6 Å². The lowest BCUT2D eigenvalue weighted by Gasteiger charge is -2.44. The molecule has 0 radical (unpaired) electrons. The molecule has 0 N–H and O–H groups in total. The Morgan fingerprint density at radius 1 is 1.11 bits per heavy atom. The summed E-state index contributed by atoms with van der Waals surface area (Å²) in [4.78, 5) is 54.0. The van der Waals surface area contributed by atoms with Crippen molar-refractivity contribution in [2.75, 3.05) is 33.4 Å². The van der Waals surface area contributed by atoms with Crippen LogP contribution in [-0.2, 0) is 23.6 Å². The van der Waals surface area contributed by atoms with Gasteiger partial charge in [0.2, 0.25) is 5.91 Å². The number of likely N-dealkylation sites (tertiary alicyclic amines) is 2. The number of rotatable bonds is 4. The van der Waals surface area contributed by atoms with Gasteiger partial charge in [-0.25, -0.2) is 4.79 Å². The third-order valence-electron chi connectivity index (χ3n) is 5.75. The Morgan fingerprint density at radius 2 is 1.78 bits per heavy atom. The lowest BCUT2D eigenvalue weighted by Crippen LogP contribution is -2.62. The van der Waals surface area contributed by atoms with Gasteiger partial charge in [0.05, 0.1) is 6.61 Å². The van der Waals surface area contributed by atoms with Crippen molar-refractivity contribution >= 4 is 11.8 Å². The average Bonchev–Trinajstić information content (AvgIpc) is 3.08. The van der Waals surface area contributed by atoms with Gasteiger partial charge in [-0.2, -0.15) is 0 Å². The molecule has 1 spiro atoms. The van der Waals surface area contributed by atoms with E-state index >= 15 is 0 Å². The molecule has 3 rings (SSSR count). The highest BCUT2D eigenvalue weighted by Gasteiger charge is 2.53. The molecule has 1 unspecified atom stereocenters. The van der Waals surface area contributed by atoms with Crippen LogP contribution in [0.2, 0.25) is 0 Å². The number of ether oxygens (including phenoxy) is 1. The second-order valence-electron chi connectivity index (χ2n) is 7.25. The summed E-state index contributed by atoms with van der Waals surface area (Å²) in [5, 5.41) is 0. The van der Waals surface area contributed by atoms with Crippen molar-refractivity contribution in [3.05, 3.63) is 32.6 Å². The van der Waals surface area contributed by atoms with Crippen LogP contribution < -0.4 is 11.2 Å². The number of methoxy groups -OCH3 is 1. The molecule has 1 aromatic heterocycles. The zero-order chi connectivity index (χ0) is 19.8. The fraction of sp³-hybridized carbons (Fsp3) is 0.667. The maximum Gasteiger partial charge on any atom is 0.331 e. The van der Waals surface area contributed by atoms with Gasteiger partial charge in [0, 0.05) is 46.9 Å². The van der Waals surface area contributed by atoms with Gasteiger partial charge >= 0.3 is 5.69 Å². The van der Waals surface area contributed by atoms with Crippen molar-refractivity contribution in [2.45, 2.75) is 31.2 Å². The number of carbonyl (C=O) groups excluding carboxylic acids is 2. The van der Waals surface area contributed by atoms with Crippen LogP contribution in [0.3, 0.4) is 0 Å². The molecular formula is C18H26N4O5. The summed E-state index contributed by atoms with van der Waals surface area (Å²) < 4.78 is 7.22. The smallest absolute Gasteiger partial charge is 0.331 e. The van der Waals surface area contributed by atoms with Crippen LogP contribution in [0.1, 0.15) is 36.2 Å². The monoisotopic (exact) mass is 378 g/mol. The topological polar surface area (TPSA) is 93.8 Å². The molecular weight excluding hydrogens is 352 g/mol. The molecule has 3 heterocycles. The second kappa shape index (κ2) is 7.30. The fourth-order valence-electron chi connectivity index (χ4n) is 4.21. The van der Waals surface area contributed by atoms with Gasteiger partial charge in [-0.3, -0.25) is 23.5 Å². The van der Waals surface area contributed by atoms with E-state index in [1.807, 2.05) is 0 Å². The Hall–Kier alpha value is -2.42. The first-order valence-corrected chi connectivity index (χ1v) is 9.21. The van der Waals surface area contributed by atoms with Crippen molar-refractivity contribution in [1.29, 1.82) is 0 Å². The van der Waals surface area contributed by atoms with E-state index in [9.17, 15) is 19.2 Å². The van der Waals surface area contributed by atoms with E-state index in [1.165, 1.54) is 24.7 Å². The Labute approximate surface area is 157 Å². The average molecular weight is 378 g/mol. The summed E-state index contributed by atoms with van der Waals surface area (Å²) in [7, 11) is 4.42. The van der Waals surface area contributed by atoms with Gasteiger partial charge in [-0.1, -0.05) is 0 Å². The SMILES string of the molecule is COCCN1CCCC2(CCCN2C(=O)c2cc(=O)n(C)c(=O)n2C)C1=O. The van der Waals surface area contributed by atoms with Gasteiger partial charge in [0.15, 0.2) is 0 Å². The Bertz CT molecular complexity index is 873. The molecule has 9 nitrogen and oxygen atoms in total. The summed E-state index contributed by atoms with van der Waals surface area (Å²) in [5.74, 6) is -0.503. The van der Waals surface area contributed by atoms with E-state index in [-0.39, 0.29) is 11.6 Å². The molecule has 0 aliphatic carbocycles. The van der Waals surface area contributed by atoms with Crippen molar-refractivity contribution in [3.8, 4) is 0 Å². The minimum absolute atomic E-state index is 0.0196. The number of aromatic nitrogens is 2. The first kappa shape index (κ1) is 19.3. The lowest BCUT2D eigenvalue weighted by atomic mass is 9.85. The maximum absolute atomic E-state index is 13.2. The molecule has 2 aliphatic heterocycles. The lowest BCUT2D eigenvalue weighted by molar-refractivity contribution is -0.146. The number of nitrogens with zero attached hydrogens (tertiary/aromatic N) is 4. The van der Waals surface area contributed by atoms with E-state index < -0.39 is 22.7 Å². The van der Waals surface area contributed by atoms with Gasteiger partial charge in [-0.15, -0.1) is 0 Å². The molecule has 0 aromatic carbocycles. The molecule has 27 heavy (non-hydrogen) atoms. The van der Waals surface area contributed by atoms with Crippen molar-refractivity contribution in [2.24, 2.45) is 14.1 Å². The molecule has 2 aliphatic rings. The van der Waals surface area contributed by atoms with Gasteiger partial charge < -0.3 is 14.5 Å². The zero-order valence-corrected chi connectivity index (χ0v) is 16.1. The van der Waals surface area contributed by atoms with Gasteiger partial charge in [0.25, 0.3) is 11.5 Å². The molecule has 1 aromatic rings. The standard InChI is InChI=1S/C18H26N4O5/c1-19-13(12-14(23)20(2)17(19)26)15(24)22-9-5-7-18(22)6-4-8-21(16(18)25)10-11-27-3/h12H,4-11H2,1-3H3. The van der Waals surface area contributed by atoms with E-state index in [0.717, 1.165) is 11.0 Å². The molecule has 2 fully saturated rings.